The number of aliphatic imine (C=N–C) groups is 1. The summed E-state index contributed by atoms with van der Waals surface area (Å²) in [6.07, 6.45) is 3.58. The Morgan fingerprint density at radius 1 is 1.19 bits per heavy atom. The van der Waals surface area contributed by atoms with Gasteiger partial charge in [-0.2, -0.15) is 0 Å². The zero-order valence-electron chi connectivity index (χ0n) is 16.2. The summed E-state index contributed by atoms with van der Waals surface area (Å²) in [5, 5.41) is 14.5. The molecule has 2 heterocycles. The van der Waals surface area contributed by atoms with Crippen molar-refractivity contribution in [2.75, 3.05) is 6.26 Å². The molecular formula is C22H26N2O2S. The number of aromatic hydroxyl groups is 1. The number of rotatable bonds is 1. The molecule has 0 aromatic heterocycles. The molecule has 0 radical (unpaired) electrons. The third-order valence-electron chi connectivity index (χ3n) is 5.42. The second-order valence-corrected chi connectivity index (χ2v) is 8.99. The Morgan fingerprint density at radius 2 is 1.96 bits per heavy atom. The van der Waals surface area contributed by atoms with Gasteiger partial charge in [0.1, 0.15) is 11.5 Å². The van der Waals surface area contributed by atoms with Crippen LogP contribution in [0.3, 0.4) is 0 Å². The van der Waals surface area contributed by atoms with E-state index in [0.29, 0.717) is 0 Å². The lowest BCUT2D eigenvalue weighted by molar-refractivity contribution is 0.0133. The molecular weight excluding hydrogens is 356 g/mol. The summed E-state index contributed by atoms with van der Waals surface area (Å²) < 4.78 is 6.50. The fourth-order valence-corrected chi connectivity index (χ4v) is 5.02. The van der Waals surface area contributed by atoms with Crippen molar-refractivity contribution < 1.29 is 9.84 Å². The normalized spacial score (nSPS) is 25.9. The van der Waals surface area contributed by atoms with Gasteiger partial charge in [0.2, 0.25) is 5.72 Å². The first kappa shape index (κ1) is 18.2. The van der Waals surface area contributed by atoms with E-state index in [4.69, 9.17) is 9.73 Å². The number of phenolic OH excluding ortho intramolecular Hbond substituents is 1. The summed E-state index contributed by atoms with van der Waals surface area (Å²) >= 11 is 1.61. The van der Waals surface area contributed by atoms with Crippen molar-refractivity contribution in [1.82, 2.24) is 5.32 Å². The van der Waals surface area contributed by atoms with Crippen molar-refractivity contribution in [3.63, 3.8) is 0 Å². The maximum absolute atomic E-state index is 10.1. The molecule has 0 saturated carbocycles. The van der Waals surface area contributed by atoms with Gasteiger partial charge in [0.15, 0.2) is 5.17 Å². The minimum atomic E-state index is -0.638. The number of fused-ring (bicyclic) bond motifs is 1. The Bertz CT molecular complexity index is 909. The van der Waals surface area contributed by atoms with Crippen LogP contribution in [-0.2, 0) is 0 Å². The highest BCUT2D eigenvalue weighted by molar-refractivity contribution is 8.13. The van der Waals surface area contributed by atoms with Gasteiger partial charge in [-0.1, -0.05) is 42.1 Å². The third-order valence-corrected chi connectivity index (χ3v) is 6.00. The molecule has 2 aromatic rings. The van der Waals surface area contributed by atoms with Crippen molar-refractivity contribution in [3.05, 3.63) is 59.2 Å². The van der Waals surface area contributed by atoms with E-state index in [2.05, 4.69) is 50.4 Å². The van der Waals surface area contributed by atoms with Gasteiger partial charge in [0.05, 0.1) is 0 Å². The highest BCUT2D eigenvalue weighted by Crippen LogP contribution is 2.50. The summed E-state index contributed by atoms with van der Waals surface area (Å²) in [6.45, 7) is 6.52. The third kappa shape index (κ3) is 3.41. The van der Waals surface area contributed by atoms with Crippen LogP contribution in [0.5, 0.6) is 11.5 Å². The van der Waals surface area contributed by atoms with Gasteiger partial charge >= 0.3 is 0 Å². The van der Waals surface area contributed by atoms with E-state index in [9.17, 15) is 5.11 Å². The smallest absolute Gasteiger partial charge is 0.206 e. The van der Waals surface area contributed by atoms with E-state index >= 15 is 0 Å². The minimum absolute atomic E-state index is 0.120. The van der Waals surface area contributed by atoms with Crippen LogP contribution in [0.4, 0.5) is 0 Å². The van der Waals surface area contributed by atoms with Crippen LogP contribution in [0, 0.1) is 6.92 Å². The number of aryl methyl sites for hydroxylation is 1. The van der Waals surface area contributed by atoms with Crippen LogP contribution in [0.15, 0.2) is 47.5 Å². The molecule has 0 saturated heterocycles. The van der Waals surface area contributed by atoms with Crippen LogP contribution < -0.4 is 10.1 Å². The van der Waals surface area contributed by atoms with E-state index < -0.39 is 5.72 Å². The molecule has 4 nitrogen and oxygen atoms in total. The van der Waals surface area contributed by atoms with Crippen LogP contribution in [-0.4, -0.2) is 27.8 Å². The molecule has 0 aliphatic carbocycles. The first-order chi connectivity index (χ1) is 12.8. The lowest BCUT2D eigenvalue weighted by atomic mass is 9.77. The molecule has 27 heavy (non-hydrogen) atoms. The molecule has 1 spiro atoms. The predicted octanol–water partition coefficient (Wildman–Crippen LogP) is 4.80. The van der Waals surface area contributed by atoms with E-state index in [1.165, 1.54) is 11.1 Å². The standard InChI is InChI=1S/C22H26N2O2S/c1-14-7-5-6-8-16(14)18-12-22(13-21(2,3)23-20(24-22)27-4)26-19-11-15(25)9-10-17(18)19/h5-11,18,25H,12-13H2,1-4H3,(H,23,24). The summed E-state index contributed by atoms with van der Waals surface area (Å²) in [5.41, 5.74) is 2.92. The molecule has 2 aliphatic rings. The Kier molecular flexibility index (Phi) is 4.38. The Hall–Kier alpha value is -2.14. The second-order valence-electron chi connectivity index (χ2n) is 8.19. The average Bonchev–Trinajstić information content (AvgIpc) is 2.59. The van der Waals surface area contributed by atoms with Crippen LogP contribution in [0.1, 0.15) is 49.3 Å². The summed E-state index contributed by atoms with van der Waals surface area (Å²) in [5.74, 6) is 1.13. The molecule has 2 N–H and O–H groups in total. The lowest BCUT2D eigenvalue weighted by Gasteiger charge is -2.47. The number of ether oxygens (including phenoxy) is 1. The number of hydrogen-bond acceptors (Lipinski definition) is 5. The Balaban J connectivity index is 1.87. The van der Waals surface area contributed by atoms with Crippen LogP contribution >= 0.6 is 11.8 Å². The first-order valence-electron chi connectivity index (χ1n) is 9.30. The fourth-order valence-electron chi connectivity index (χ4n) is 4.38. The summed E-state index contributed by atoms with van der Waals surface area (Å²) in [4.78, 5) is 4.99. The highest BCUT2D eigenvalue weighted by atomic mass is 32.2. The average molecular weight is 383 g/mol. The fraction of sp³-hybridized carbons (Fsp3) is 0.409. The molecule has 2 unspecified atom stereocenters. The number of hydrogen-bond donors (Lipinski definition) is 2. The van der Waals surface area contributed by atoms with Crippen molar-refractivity contribution >= 4 is 16.9 Å². The molecule has 0 bridgehead atoms. The van der Waals surface area contributed by atoms with Gasteiger partial charge in [-0.05, 0) is 44.2 Å². The zero-order chi connectivity index (χ0) is 19.2. The predicted molar refractivity (Wildman–Crippen MR) is 112 cm³/mol. The van der Waals surface area contributed by atoms with Gasteiger partial charge in [-0.3, -0.25) is 0 Å². The number of phenols is 1. The maximum atomic E-state index is 10.1. The monoisotopic (exact) mass is 382 g/mol. The number of nitrogens with zero attached hydrogens (tertiary/aromatic N) is 1. The first-order valence-corrected chi connectivity index (χ1v) is 10.5. The largest absolute Gasteiger partial charge is 0.508 e. The summed E-state index contributed by atoms with van der Waals surface area (Å²) in [7, 11) is 0. The van der Waals surface area contributed by atoms with E-state index in [1.54, 1.807) is 23.9 Å². The second kappa shape index (κ2) is 6.48. The quantitative estimate of drug-likeness (QED) is 0.744. The van der Waals surface area contributed by atoms with Crippen molar-refractivity contribution in [2.24, 2.45) is 4.99 Å². The molecule has 2 aliphatic heterocycles. The maximum Gasteiger partial charge on any atom is 0.206 e. The van der Waals surface area contributed by atoms with Gasteiger partial charge in [0.25, 0.3) is 0 Å². The van der Waals surface area contributed by atoms with Crippen LogP contribution in [0.2, 0.25) is 0 Å². The van der Waals surface area contributed by atoms with Gasteiger partial charge in [-0.15, -0.1) is 0 Å². The van der Waals surface area contributed by atoms with E-state index in [0.717, 1.165) is 29.3 Å². The molecule has 4 rings (SSSR count). The molecule has 142 valence electrons. The van der Waals surface area contributed by atoms with Crippen molar-refractivity contribution in [3.8, 4) is 11.5 Å². The number of thioether (sulfide) groups is 1. The topological polar surface area (TPSA) is 53.9 Å². The molecule has 5 heteroatoms. The Labute approximate surface area is 165 Å². The van der Waals surface area contributed by atoms with Gasteiger partial charge in [-0.25, -0.2) is 4.99 Å². The lowest BCUT2D eigenvalue weighted by Crippen LogP contribution is -2.56. The number of amidine groups is 1. The number of benzene rings is 2. The molecule has 0 fully saturated rings. The van der Waals surface area contributed by atoms with Crippen molar-refractivity contribution in [1.29, 1.82) is 0 Å². The highest BCUT2D eigenvalue weighted by Gasteiger charge is 2.48. The number of nitrogens with one attached hydrogen (secondary N) is 1. The minimum Gasteiger partial charge on any atom is -0.508 e. The molecule has 2 atom stereocenters. The van der Waals surface area contributed by atoms with E-state index in [-0.39, 0.29) is 17.2 Å². The summed E-state index contributed by atoms with van der Waals surface area (Å²) in [6, 6.07) is 14.0. The van der Waals surface area contributed by atoms with Crippen molar-refractivity contribution in [2.45, 2.75) is 50.8 Å². The molecule has 0 amide bonds. The van der Waals surface area contributed by atoms with Crippen LogP contribution in [0.25, 0.3) is 0 Å². The zero-order valence-corrected chi connectivity index (χ0v) is 17.1. The SMILES string of the molecule is CSC1=NC2(CC(c3ccccc3C)c3ccc(O)cc3O2)CC(C)(C)N1. The molecule has 2 aromatic carbocycles. The van der Waals surface area contributed by atoms with Gasteiger partial charge < -0.3 is 15.2 Å². The van der Waals surface area contributed by atoms with Gasteiger partial charge in [0, 0.05) is 35.9 Å². The van der Waals surface area contributed by atoms with E-state index in [1.807, 2.05) is 12.3 Å². The Morgan fingerprint density at radius 3 is 2.70 bits per heavy atom.